The molecule has 1 aromatic rings. The van der Waals surface area contributed by atoms with Gasteiger partial charge in [-0.05, 0) is 69.6 Å². The number of nitriles is 1. The second-order valence-corrected chi connectivity index (χ2v) is 6.87. The fourth-order valence-electron chi connectivity index (χ4n) is 3.09. The number of aliphatic carboxylic acids is 1. The fraction of sp³-hybridized carbons (Fsp3) is 0.500. The topological polar surface area (TPSA) is 155 Å². The lowest BCUT2D eigenvalue weighted by Crippen LogP contribution is -2.63. The molecule has 5 N–H and O–H groups in total. The molecule has 9 heteroatoms. The number of piperidine rings is 1. The lowest BCUT2D eigenvalue weighted by atomic mass is 10.00. The molecule has 1 unspecified atom stereocenters. The summed E-state index contributed by atoms with van der Waals surface area (Å²) in [7, 11) is 0. The number of nitrogens with two attached hydrogens (primary N) is 1. The van der Waals surface area contributed by atoms with Crippen LogP contribution in [0.15, 0.2) is 24.3 Å². The zero-order valence-corrected chi connectivity index (χ0v) is 16.1. The van der Waals surface area contributed by atoms with Gasteiger partial charge in [0.1, 0.15) is 0 Å². The molecule has 1 heterocycles. The summed E-state index contributed by atoms with van der Waals surface area (Å²) < 4.78 is 5.77. The maximum absolute atomic E-state index is 12.9. The van der Waals surface area contributed by atoms with Crippen LogP contribution in [0.3, 0.4) is 0 Å². The van der Waals surface area contributed by atoms with Crippen LogP contribution in [-0.4, -0.2) is 54.2 Å². The average molecular weight is 402 g/mol. The van der Waals surface area contributed by atoms with Gasteiger partial charge in [-0.3, -0.25) is 9.59 Å². The highest BCUT2D eigenvalue weighted by Crippen LogP contribution is 2.22. The van der Waals surface area contributed by atoms with E-state index in [1.165, 1.54) is 24.3 Å². The van der Waals surface area contributed by atoms with Crippen LogP contribution >= 0.6 is 0 Å². The Hall–Kier alpha value is -2.80. The standard InChI is InChI=1S/C20H26N4O5/c21-10-2-1-3-17(25)20(19(27)28,29-16-8-11-23-12-9-16)24-18(26)15-6-4-14(13-22)5-7-15/h4-7,16,23H,1-3,8-12,21H2,(H,24,26)(H,27,28). The quantitative estimate of drug-likeness (QED) is 0.251. The Balaban J connectivity index is 2.29. The number of Topliss-reactive ketones (excluding diaryl/α,β-unsaturated/α-hetero) is 1. The Morgan fingerprint density at radius 1 is 1.24 bits per heavy atom. The first-order valence-electron chi connectivity index (χ1n) is 9.61. The summed E-state index contributed by atoms with van der Waals surface area (Å²) in [5, 5.41) is 24.2. The molecule has 1 aliphatic heterocycles. The van der Waals surface area contributed by atoms with Crippen molar-refractivity contribution in [3.63, 3.8) is 0 Å². The number of carboxylic acid groups (broad SMARTS) is 1. The van der Waals surface area contributed by atoms with Crippen LogP contribution < -0.4 is 16.4 Å². The highest BCUT2D eigenvalue weighted by molar-refractivity contribution is 6.10. The van der Waals surface area contributed by atoms with Gasteiger partial charge in [0.2, 0.25) is 0 Å². The largest absolute Gasteiger partial charge is 0.477 e. The third kappa shape index (κ3) is 5.84. The van der Waals surface area contributed by atoms with Gasteiger partial charge in [-0.1, -0.05) is 0 Å². The molecule has 156 valence electrons. The number of carbonyl (C=O) groups excluding carboxylic acids is 2. The zero-order chi connectivity index (χ0) is 21.3. The van der Waals surface area contributed by atoms with Crippen molar-refractivity contribution in [1.82, 2.24) is 10.6 Å². The highest BCUT2D eigenvalue weighted by atomic mass is 16.6. The number of hydrogen-bond donors (Lipinski definition) is 4. The Labute approximate surface area is 169 Å². The predicted octanol–water partition coefficient (Wildman–Crippen LogP) is 0.536. The lowest BCUT2D eigenvalue weighted by Gasteiger charge is -2.34. The molecule has 1 aromatic carbocycles. The predicted molar refractivity (Wildman–Crippen MR) is 104 cm³/mol. The van der Waals surface area contributed by atoms with Crippen molar-refractivity contribution in [1.29, 1.82) is 5.26 Å². The number of benzene rings is 1. The van der Waals surface area contributed by atoms with Crippen molar-refractivity contribution in [2.45, 2.75) is 43.9 Å². The van der Waals surface area contributed by atoms with E-state index in [1.54, 1.807) is 0 Å². The summed E-state index contributed by atoms with van der Waals surface area (Å²) in [6.07, 6.45) is 1.44. The van der Waals surface area contributed by atoms with E-state index in [0.29, 0.717) is 50.9 Å². The van der Waals surface area contributed by atoms with E-state index >= 15 is 0 Å². The van der Waals surface area contributed by atoms with E-state index in [-0.39, 0.29) is 12.0 Å². The van der Waals surface area contributed by atoms with Crippen molar-refractivity contribution in [2.75, 3.05) is 19.6 Å². The Kier molecular flexibility index (Phi) is 8.27. The number of carboxylic acids is 1. The lowest BCUT2D eigenvalue weighted by molar-refractivity contribution is -0.185. The summed E-state index contributed by atoms with van der Waals surface area (Å²) >= 11 is 0. The molecule has 1 saturated heterocycles. The second kappa shape index (κ2) is 10.7. The maximum atomic E-state index is 12.9. The molecule has 1 atom stereocenters. The van der Waals surface area contributed by atoms with E-state index < -0.39 is 29.5 Å². The number of carbonyl (C=O) groups is 3. The second-order valence-electron chi connectivity index (χ2n) is 6.87. The maximum Gasteiger partial charge on any atom is 0.365 e. The van der Waals surface area contributed by atoms with Gasteiger partial charge >= 0.3 is 11.7 Å². The smallest absolute Gasteiger partial charge is 0.365 e. The number of ketones is 1. The molecule has 1 fully saturated rings. The van der Waals surface area contributed by atoms with Crippen molar-refractivity contribution in [3.05, 3.63) is 35.4 Å². The van der Waals surface area contributed by atoms with Gasteiger partial charge in [0.05, 0.1) is 17.7 Å². The van der Waals surface area contributed by atoms with Gasteiger partial charge in [0.25, 0.3) is 5.91 Å². The minimum Gasteiger partial charge on any atom is -0.477 e. The van der Waals surface area contributed by atoms with Crippen LogP contribution in [0.25, 0.3) is 0 Å². The third-order valence-corrected chi connectivity index (χ3v) is 4.75. The van der Waals surface area contributed by atoms with Gasteiger partial charge in [-0.15, -0.1) is 0 Å². The Morgan fingerprint density at radius 2 is 1.90 bits per heavy atom. The molecule has 1 amide bonds. The molecular formula is C20H26N4O5. The molecule has 0 saturated carbocycles. The van der Waals surface area contributed by atoms with Crippen LogP contribution in [-0.2, 0) is 14.3 Å². The van der Waals surface area contributed by atoms with Crippen LogP contribution in [0.5, 0.6) is 0 Å². The summed E-state index contributed by atoms with van der Waals surface area (Å²) in [6.45, 7) is 1.64. The first kappa shape index (κ1) is 22.5. The minimum atomic E-state index is -2.47. The number of nitrogens with zero attached hydrogens (tertiary/aromatic N) is 1. The molecular weight excluding hydrogens is 376 g/mol. The molecule has 0 radical (unpaired) electrons. The fourth-order valence-corrected chi connectivity index (χ4v) is 3.09. The molecule has 0 aromatic heterocycles. The van der Waals surface area contributed by atoms with E-state index in [9.17, 15) is 19.5 Å². The minimum absolute atomic E-state index is 0.0812. The van der Waals surface area contributed by atoms with Gasteiger partial charge in [0, 0.05) is 12.0 Å². The molecule has 0 bridgehead atoms. The van der Waals surface area contributed by atoms with Crippen molar-refractivity contribution in [3.8, 4) is 6.07 Å². The number of nitrogens with one attached hydrogen (secondary N) is 2. The number of amides is 1. The Morgan fingerprint density at radius 3 is 2.45 bits per heavy atom. The van der Waals surface area contributed by atoms with Crippen molar-refractivity contribution in [2.24, 2.45) is 5.73 Å². The summed E-state index contributed by atoms with van der Waals surface area (Å²) in [6, 6.07) is 7.60. The summed E-state index contributed by atoms with van der Waals surface area (Å²) in [5.74, 6) is -3.05. The highest BCUT2D eigenvalue weighted by Gasteiger charge is 2.50. The van der Waals surface area contributed by atoms with Crippen LogP contribution in [0.2, 0.25) is 0 Å². The van der Waals surface area contributed by atoms with Crippen molar-refractivity contribution >= 4 is 17.7 Å². The van der Waals surface area contributed by atoms with E-state index in [2.05, 4.69) is 10.6 Å². The first-order chi connectivity index (χ1) is 13.9. The van der Waals surface area contributed by atoms with Crippen LogP contribution in [0.1, 0.15) is 48.0 Å². The van der Waals surface area contributed by atoms with Gasteiger partial charge in [-0.25, -0.2) is 4.79 Å². The van der Waals surface area contributed by atoms with E-state index in [1.807, 2.05) is 6.07 Å². The number of unbranched alkanes of at least 4 members (excludes halogenated alkanes) is 1. The summed E-state index contributed by atoms with van der Waals surface area (Å²) in [4.78, 5) is 37.8. The summed E-state index contributed by atoms with van der Waals surface area (Å²) in [5.41, 5.74) is 3.46. The van der Waals surface area contributed by atoms with E-state index in [0.717, 1.165) is 0 Å². The molecule has 0 spiro atoms. The van der Waals surface area contributed by atoms with E-state index in [4.69, 9.17) is 15.7 Å². The molecule has 1 aliphatic rings. The normalized spacial score (nSPS) is 16.4. The molecule has 9 nitrogen and oxygen atoms in total. The molecule has 0 aliphatic carbocycles. The van der Waals surface area contributed by atoms with Gasteiger partial charge in [-0.2, -0.15) is 5.26 Å². The molecule has 29 heavy (non-hydrogen) atoms. The third-order valence-electron chi connectivity index (χ3n) is 4.75. The number of rotatable bonds is 10. The number of ether oxygens (including phenoxy) is 1. The average Bonchev–Trinajstić information content (AvgIpc) is 2.73. The van der Waals surface area contributed by atoms with Gasteiger partial charge in [0.15, 0.2) is 5.78 Å². The zero-order valence-electron chi connectivity index (χ0n) is 16.1. The monoisotopic (exact) mass is 402 g/mol. The van der Waals surface area contributed by atoms with Crippen molar-refractivity contribution < 1.29 is 24.2 Å². The van der Waals surface area contributed by atoms with Crippen LogP contribution in [0.4, 0.5) is 0 Å². The van der Waals surface area contributed by atoms with Crippen LogP contribution in [0, 0.1) is 11.3 Å². The SMILES string of the molecule is N#Cc1ccc(C(=O)NC(OC2CCNCC2)(C(=O)O)C(=O)CCCCN)cc1. The van der Waals surface area contributed by atoms with Gasteiger partial charge < -0.3 is 26.2 Å². The Bertz CT molecular complexity index is 768. The number of hydrogen-bond acceptors (Lipinski definition) is 7. The molecule has 2 rings (SSSR count). The first-order valence-corrected chi connectivity index (χ1v) is 9.61.